The molecule has 0 radical (unpaired) electrons. The van der Waals surface area contributed by atoms with E-state index in [4.69, 9.17) is 0 Å². The molecule has 0 aromatic heterocycles. The second kappa shape index (κ2) is 4.78. The maximum atomic E-state index is 12.0. The Kier molecular flexibility index (Phi) is 2.99. The average molecular weight is 253 g/mol. The first-order chi connectivity index (χ1) is 8.84. The van der Waals surface area contributed by atoms with Crippen LogP contribution in [0.3, 0.4) is 0 Å². The molecule has 0 N–H and O–H groups in total. The zero-order valence-corrected chi connectivity index (χ0v) is 10.4. The fraction of sp³-hybridized carbons (Fsp3) is 0.0667. The van der Waals surface area contributed by atoms with Crippen molar-refractivity contribution in [2.45, 2.75) is 5.37 Å². The Balaban J connectivity index is 1.95. The summed E-state index contributed by atoms with van der Waals surface area (Å²) in [6.45, 7) is 0. The van der Waals surface area contributed by atoms with Gasteiger partial charge in [-0.2, -0.15) is 0 Å². The van der Waals surface area contributed by atoms with Gasteiger partial charge in [0.05, 0.1) is 0 Å². The molecular formula is C15H11NOS. The summed E-state index contributed by atoms with van der Waals surface area (Å²) in [4.78, 5) is 16.5. The van der Waals surface area contributed by atoms with Gasteiger partial charge < -0.3 is 0 Å². The standard InChI is InChI=1S/C15H11NOS/c17-15-13(11-7-3-1-4-8-11)16-14(18-15)12-9-5-2-6-10-12/h1-10,14H. The quantitative estimate of drug-likeness (QED) is 0.820. The van der Waals surface area contributed by atoms with Crippen molar-refractivity contribution in [2.24, 2.45) is 4.99 Å². The molecule has 2 aromatic rings. The van der Waals surface area contributed by atoms with Crippen LogP contribution in [0.2, 0.25) is 0 Å². The van der Waals surface area contributed by atoms with Crippen LogP contribution in [0, 0.1) is 0 Å². The van der Waals surface area contributed by atoms with E-state index in [1.165, 1.54) is 11.8 Å². The van der Waals surface area contributed by atoms with Gasteiger partial charge >= 0.3 is 0 Å². The van der Waals surface area contributed by atoms with Crippen molar-refractivity contribution in [1.82, 2.24) is 0 Å². The monoisotopic (exact) mass is 253 g/mol. The van der Waals surface area contributed by atoms with E-state index in [9.17, 15) is 4.79 Å². The molecule has 1 atom stereocenters. The van der Waals surface area contributed by atoms with E-state index >= 15 is 0 Å². The summed E-state index contributed by atoms with van der Waals surface area (Å²) < 4.78 is 0. The fourth-order valence-corrected chi connectivity index (χ4v) is 2.84. The Labute approximate surface area is 110 Å². The van der Waals surface area contributed by atoms with Crippen LogP contribution in [0.5, 0.6) is 0 Å². The Morgan fingerprint density at radius 1 is 0.889 bits per heavy atom. The molecule has 88 valence electrons. The molecule has 0 amide bonds. The van der Waals surface area contributed by atoms with Gasteiger partial charge in [0, 0.05) is 5.56 Å². The third kappa shape index (κ3) is 2.09. The highest BCUT2D eigenvalue weighted by Gasteiger charge is 2.28. The normalized spacial score (nSPS) is 18.8. The van der Waals surface area contributed by atoms with Gasteiger partial charge in [0.2, 0.25) is 5.12 Å². The van der Waals surface area contributed by atoms with E-state index in [2.05, 4.69) is 4.99 Å². The summed E-state index contributed by atoms with van der Waals surface area (Å²) in [5, 5.41) is -0.0519. The van der Waals surface area contributed by atoms with E-state index < -0.39 is 0 Å². The molecule has 0 saturated heterocycles. The van der Waals surface area contributed by atoms with Gasteiger partial charge in [-0.25, -0.2) is 0 Å². The van der Waals surface area contributed by atoms with Crippen LogP contribution in [0.25, 0.3) is 0 Å². The molecular weight excluding hydrogens is 242 g/mol. The average Bonchev–Trinajstić information content (AvgIpc) is 2.83. The topological polar surface area (TPSA) is 29.4 Å². The molecule has 0 spiro atoms. The smallest absolute Gasteiger partial charge is 0.240 e. The van der Waals surface area contributed by atoms with Gasteiger partial charge in [0.15, 0.2) is 0 Å². The van der Waals surface area contributed by atoms with Crippen molar-refractivity contribution in [3.05, 3.63) is 71.8 Å². The fourth-order valence-electron chi connectivity index (χ4n) is 1.90. The number of hydrogen-bond donors (Lipinski definition) is 0. The third-order valence-electron chi connectivity index (χ3n) is 2.79. The molecule has 0 fully saturated rings. The van der Waals surface area contributed by atoms with Crippen molar-refractivity contribution in [3.63, 3.8) is 0 Å². The van der Waals surface area contributed by atoms with E-state index in [-0.39, 0.29) is 10.5 Å². The van der Waals surface area contributed by atoms with Gasteiger partial charge in [-0.15, -0.1) is 0 Å². The van der Waals surface area contributed by atoms with Crippen LogP contribution in [-0.2, 0) is 4.79 Å². The lowest BCUT2D eigenvalue weighted by Crippen LogP contribution is -2.06. The van der Waals surface area contributed by atoms with Gasteiger partial charge in [-0.05, 0) is 17.3 Å². The minimum atomic E-state index is -0.103. The lowest BCUT2D eigenvalue weighted by atomic mass is 10.1. The molecule has 2 aromatic carbocycles. The second-order valence-corrected chi connectivity index (χ2v) is 5.07. The zero-order chi connectivity index (χ0) is 12.4. The van der Waals surface area contributed by atoms with E-state index in [0.29, 0.717) is 5.71 Å². The van der Waals surface area contributed by atoms with E-state index in [1.54, 1.807) is 0 Å². The molecule has 0 aliphatic carbocycles. The number of nitrogens with zero attached hydrogens (tertiary/aromatic N) is 1. The molecule has 1 heterocycles. The van der Waals surface area contributed by atoms with Crippen LogP contribution < -0.4 is 0 Å². The SMILES string of the molecule is O=C1SC(c2ccccc2)N=C1c1ccccc1. The number of rotatable bonds is 2. The lowest BCUT2D eigenvalue weighted by molar-refractivity contribution is -0.105. The van der Waals surface area contributed by atoms with E-state index in [0.717, 1.165) is 11.1 Å². The minimum Gasteiger partial charge on any atom is -0.280 e. The van der Waals surface area contributed by atoms with Crippen LogP contribution in [0.15, 0.2) is 65.7 Å². The van der Waals surface area contributed by atoms with Gasteiger partial charge in [-0.3, -0.25) is 9.79 Å². The number of hydrogen-bond acceptors (Lipinski definition) is 3. The predicted molar refractivity (Wildman–Crippen MR) is 74.8 cm³/mol. The van der Waals surface area contributed by atoms with Crippen molar-refractivity contribution < 1.29 is 4.79 Å². The van der Waals surface area contributed by atoms with Crippen LogP contribution >= 0.6 is 11.8 Å². The lowest BCUT2D eigenvalue weighted by Gasteiger charge is -2.03. The van der Waals surface area contributed by atoms with Crippen molar-refractivity contribution >= 4 is 22.6 Å². The highest BCUT2D eigenvalue weighted by molar-refractivity contribution is 8.16. The van der Waals surface area contributed by atoms with Crippen molar-refractivity contribution in [2.75, 3.05) is 0 Å². The van der Waals surface area contributed by atoms with Gasteiger partial charge in [0.1, 0.15) is 11.1 Å². The van der Waals surface area contributed by atoms with Gasteiger partial charge in [-0.1, -0.05) is 60.7 Å². The van der Waals surface area contributed by atoms with E-state index in [1.807, 2.05) is 60.7 Å². The molecule has 18 heavy (non-hydrogen) atoms. The summed E-state index contributed by atoms with van der Waals surface area (Å²) in [6, 6.07) is 19.5. The maximum Gasteiger partial charge on any atom is 0.240 e. The Morgan fingerprint density at radius 2 is 1.50 bits per heavy atom. The maximum absolute atomic E-state index is 12.0. The highest BCUT2D eigenvalue weighted by atomic mass is 32.2. The summed E-state index contributed by atoms with van der Waals surface area (Å²) in [6.07, 6.45) is 0. The number of carbonyl (C=O) groups excluding carboxylic acids is 1. The minimum absolute atomic E-state index is 0.0510. The number of benzene rings is 2. The first-order valence-corrected chi connectivity index (χ1v) is 6.62. The second-order valence-electron chi connectivity index (χ2n) is 4.01. The number of carbonyl (C=O) groups is 1. The first-order valence-electron chi connectivity index (χ1n) is 5.74. The highest BCUT2D eigenvalue weighted by Crippen LogP contribution is 2.37. The van der Waals surface area contributed by atoms with Gasteiger partial charge in [0.25, 0.3) is 0 Å². The van der Waals surface area contributed by atoms with Crippen LogP contribution in [-0.4, -0.2) is 10.8 Å². The Hall–Kier alpha value is -1.87. The number of aliphatic imine (C=N–C) groups is 1. The molecule has 2 nitrogen and oxygen atoms in total. The van der Waals surface area contributed by atoms with Crippen LogP contribution in [0.4, 0.5) is 0 Å². The first kappa shape index (κ1) is 11.2. The van der Waals surface area contributed by atoms with Crippen molar-refractivity contribution in [3.8, 4) is 0 Å². The molecule has 3 rings (SSSR count). The van der Waals surface area contributed by atoms with Crippen molar-refractivity contribution in [1.29, 1.82) is 0 Å². The zero-order valence-electron chi connectivity index (χ0n) is 9.61. The summed E-state index contributed by atoms with van der Waals surface area (Å²) in [5.74, 6) is 0. The summed E-state index contributed by atoms with van der Waals surface area (Å²) in [7, 11) is 0. The summed E-state index contributed by atoms with van der Waals surface area (Å²) in [5.41, 5.74) is 2.55. The molecule has 1 aliphatic heterocycles. The molecule has 1 aliphatic rings. The summed E-state index contributed by atoms with van der Waals surface area (Å²) >= 11 is 1.28. The third-order valence-corrected chi connectivity index (χ3v) is 3.80. The molecule has 0 bridgehead atoms. The molecule has 3 heteroatoms. The largest absolute Gasteiger partial charge is 0.280 e. The Bertz CT molecular complexity index is 592. The Morgan fingerprint density at radius 3 is 2.17 bits per heavy atom. The molecule has 0 saturated carbocycles. The predicted octanol–water partition coefficient (Wildman–Crippen LogP) is 3.45. The number of thioether (sulfide) groups is 1. The molecule has 1 unspecified atom stereocenters. The van der Waals surface area contributed by atoms with Crippen LogP contribution in [0.1, 0.15) is 16.5 Å².